The van der Waals surface area contributed by atoms with E-state index in [0.29, 0.717) is 10.5 Å². The van der Waals surface area contributed by atoms with Crippen LogP contribution in [0.1, 0.15) is 60.5 Å². The van der Waals surface area contributed by atoms with Crippen LogP contribution in [0.4, 0.5) is 0 Å². The van der Waals surface area contributed by atoms with Gasteiger partial charge in [-0.25, -0.2) is 0 Å². The van der Waals surface area contributed by atoms with E-state index in [1.54, 1.807) is 30.3 Å². The molecule has 1 nitrogen and oxygen atoms in total. The summed E-state index contributed by atoms with van der Waals surface area (Å²) < 4.78 is 99.7. The molecule has 0 spiro atoms. The van der Waals surface area contributed by atoms with E-state index in [-0.39, 0.29) is 11.1 Å². The summed E-state index contributed by atoms with van der Waals surface area (Å²) in [5.74, 6) is 0. The average Bonchev–Trinajstić information content (AvgIpc) is 2.89. The molecule has 0 N–H and O–H groups in total. The third-order valence-electron chi connectivity index (χ3n) is 3.70. The van der Waals surface area contributed by atoms with Crippen molar-refractivity contribution >= 4 is 0 Å². The monoisotopic (exact) mass is 278 g/mol. The van der Waals surface area contributed by atoms with Crippen LogP contribution in [0.3, 0.4) is 0 Å². The highest BCUT2D eigenvalue weighted by molar-refractivity contribution is 5.43. The van der Waals surface area contributed by atoms with E-state index in [2.05, 4.69) is 0 Å². The predicted molar refractivity (Wildman–Crippen MR) is 84.5 cm³/mol. The minimum absolute atomic E-state index is 0.330. The zero-order valence-electron chi connectivity index (χ0n) is 22.9. The van der Waals surface area contributed by atoms with E-state index in [1.165, 1.54) is 24.3 Å². The maximum atomic E-state index is 8.31. The van der Waals surface area contributed by atoms with Gasteiger partial charge in [-0.2, -0.15) is 0 Å². The average molecular weight is 278 g/mol. The number of hydrogen-bond acceptors (Lipinski definition) is 1. The lowest BCUT2D eigenvalue weighted by atomic mass is 9.91. The molecular formula is C19H23N. The summed E-state index contributed by atoms with van der Waals surface area (Å²) in [7, 11) is 0. The molecule has 3 rings (SSSR count). The van der Waals surface area contributed by atoms with Crippen molar-refractivity contribution in [2.45, 2.75) is 45.0 Å². The van der Waals surface area contributed by atoms with Gasteiger partial charge in [0.2, 0.25) is 0 Å². The van der Waals surface area contributed by atoms with Gasteiger partial charge in [0.05, 0.1) is 0 Å². The lowest BCUT2D eigenvalue weighted by Gasteiger charge is -2.41. The van der Waals surface area contributed by atoms with Crippen LogP contribution in [-0.2, 0) is 17.6 Å². The summed E-state index contributed by atoms with van der Waals surface area (Å²) in [4.78, 5) is 0.694. The fraction of sp³-hybridized carbons (Fsp3) is 0.368. The summed E-state index contributed by atoms with van der Waals surface area (Å²) in [6, 6.07) is 13.3. The summed E-state index contributed by atoms with van der Waals surface area (Å²) in [6.07, 6.45) is 0. The highest BCUT2D eigenvalue weighted by Gasteiger charge is 2.48. The molecule has 2 aromatic carbocycles. The van der Waals surface area contributed by atoms with Crippen molar-refractivity contribution in [3.8, 4) is 0 Å². The number of benzene rings is 2. The first-order valence-corrected chi connectivity index (χ1v) is 6.36. The Morgan fingerprint density at radius 3 is 1.80 bits per heavy atom. The Morgan fingerprint density at radius 1 is 0.800 bits per heavy atom. The van der Waals surface area contributed by atoms with Crippen LogP contribution in [0, 0.1) is 0 Å². The van der Waals surface area contributed by atoms with Crippen LogP contribution in [0.5, 0.6) is 0 Å². The van der Waals surface area contributed by atoms with Crippen molar-refractivity contribution in [3.63, 3.8) is 0 Å². The molecule has 2 aromatic rings. The smallest absolute Gasteiger partial charge is 0.0419 e. The summed E-state index contributed by atoms with van der Waals surface area (Å²) in [5, 5.41) is 0. The molecule has 0 saturated heterocycles. The van der Waals surface area contributed by atoms with Crippen LogP contribution >= 0.6 is 0 Å². The van der Waals surface area contributed by atoms with Crippen molar-refractivity contribution in [1.29, 1.82) is 0 Å². The van der Waals surface area contributed by atoms with Crippen LogP contribution in [-0.4, -0.2) is 4.90 Å². The molecule has 0 bridgehead atoms. The lowest BCUT2D eigenvalue weighted by Crippen LogP contribution is -2.44. The van der Waals surface area contributed by atoms with Crippen LogP contribution in [0.15, 0.2) is 54.6 Å². The molecule has 0 saturated carbocycles. The number of hydrogen-bond donors (Lipinski definition) is 0. The first-order chi connectivity index (χ1) is 14.4. The highest BCUT2D eigenvalue weighted by Crippen LogP contribution is 2.49. The molecule has 1 aliphatic rings. The molecule has 0 aromatic heterocycles. The van der Waals surface area contributed by atoms with Crippen molar-refractivity contribution in [2.24, 2.45) is 0 Å². The van der Waals surface area contributed by atoms with Gasteiger partial charge >= 0.3 is 0 Å². The van der Waals surface area contributed by atoms with Crippen molar-refractivity contribution < 1.29 is 16.4 Å². The molecule has 104 valence electrons. The van der Waals surface area contributed by atoms with Gasteiger partial charge in [0, 0.05) is 34.1 Å². The fourth-order valence-corrected chi connectivity index (χ4v) is 2.66. The minimum Gasteiger partial charge on any atom is -0.281 e. The van der Waals surface area contributed by atoms with Gasteiger partial charge in [0.1, 0.15) is 0 Å². The van der Waals surface area contributed by atoms with Gasteiger partial charge in [0.15, 0.2) is 0 Å². The molecule has 0 unspecified atom stereocenters. The predicted octanol–water partition coefficient (Wildman–Crippen LogP) is 4.67. The largest absolute Gasteiger partial charge is 0.281 e. The van der Waals surface area contributed by atoms with Crippen molar-refractivity contribution in [1.82, 2.24) is 4.90 Å². The minimum atomic E-state index is -3.29. The SMILES string of the molecule is [2H]C([2H])([2H])C1(C([2H])([2H])[2H])c2ccccc2C(C([2H])([2H])[2H])(C([2H])([2H])[2H])[15N]1Cc1ccccc1. The Bertz CT molecular complexity index is 882. The van der Waals surface area contributed by atoms with E-state index in [0.717, 1.165) is 0 Å². The zero-order valence-corrected chi connectivity index (χ0v) is 10.9. The van der Waals surface area contributed by atoms with Gasteiger partial charge in [-0.3, -0.25) is 4.90 Å². The van der Waals surface area contributed by atoms with E-state index in [1.807, 2.05) is 0 Å². The van der Waals surface area contributed by atoms with Crippen molar-refractivity contribution in [2.75, 3.05) is 0 Å². The van der Waals surface area contributed by atoms with E-state index in [9.17, 15) is 0 Å². The van der Waals surface area contributed by atoms with Crippen LogP contribution in [0.2, 0.25) is 0 Å². The molecule has 0 radical (unpaired) electrons. The van der Waals surface area contributed by atoms with E-state index < -0.39 is 45.0 Å². The summed E-state index contributed by atoms with van der Waals surface area (Å²) in [5.41, 5.74) is -6.01. The number of fused-ring (bicyclic) bond motifs is 1. The van der Waals surface area contributed by atoms with E-state index >= 15 is 0 Å². The van der Waals surface area contributed by atoms with Gasteiger partial charge in [-0.1, -0.05) is 54.6 Å². The molecule has 0 amide bonds. The Kier molecular flexibility index (Phi) is 1.18. The first-order valence-electron chi connectivity index (χ1n) is 12.4. The third-order valence-corrected chi connectivity index (χ3v) is 3.70. The highest BCUT2D eigenvalue weighted by atomic mass is 15.9. The number of rotatable bonds is 2. The van der Waals surface area contributed by atoms with Crippen LogP contribution in [0.25, 0.3) is 0 Å². The Labute approximate surface area is 139 Å². The standard InChI is InChI=1S/C19H23N/c1-18(2)16-12-8-9-13-17(16)19(3,4)20(18)14-15-10-6-5-7-11-15/h5-13H,14H2,1-4H3/i1D3,2D3,3D3,4D3,20+1. The lowest BCUT2D eigenvalue weighted by molar-refractivity contribution is 0.0312. The summed E-state index contributed by atoms with van der Waals surface area (Å²) in [6.45, 7) is -13.7. The Balaban J connectivity index is 2.58. The molecule has 0 atom stereocenters. The van der Waals surface area contributed by atoms with Gasteiger partial charge in [0.25, 0.3) is 0 Å². The van der Waals surface area contributed by atoms with Gasteiger partial charge in [-0.15, -0.1) is 0 Å². The Hall–Kier alpha value is -1.60. The number of nitrogens with zero attached hydrogens (tertiary/aromatic N) is 1. The maximum Gasteiger partial charge on any atom is 0.0419 e. The maximum absolute atomic E-state index is 8.31. The molecule has 1 aliphatic heterocycles. The molecule has 0 fully saturated rings. The quantitative estimate of drug-likeness (QED) is 0.721. The summed E-state index contributed by atoms with van der Waals surface area (Å²) >= 11 is 0. The zero-order chi connectivity index (χ0) is 24.4. The molecular weight excluding hydrogens is 243 g/mol. The first kappa shape index (κ1) is 5.31. The normalized spacial score (nSPS) is 31.2. The fourth-order valence-electron chi connectivity index (χ4n) is 2.66. The molecule has 1 heterocycles. The van der Waals surface area contributed by atoms with Crippen molar-refractivity contribution in [3.05, 3.63) is 71.3 Å². The van der Waals surface area contributed by atoms with Crippen LogP contribution < -0.4 is 0 Å². The third kappa shape index (κ3) is 1.89. The second kappa shape index (κ2) is 4.46. The molecule has 1 heteroatoms. The Morgan fingerprint density at radius 2 is 1.30 bits per heavy atom. The van der Waals surface area contributed by atoms with Gasteiger partial charge in [-0.05, 0) is 44.1 Å². The topological polar surface area (TPSA) is 3.24 Å². The van der Waals surface area contributed by atoms with E-state index in [4.69, 9.17) is 16.4 Å². The molecule has 20 heavy (non-hydrogen) atoms. The second-order valence-corrected chi connectivity index (χ2v) is 5.04. The van der Waals surface area contributed by atoms with Gasteiger partial charge < -0.3 is 0 Å². The molecule has 0 aliphatic carbocycles. The second-order valence-electron chi connectivity index (χ2n) is 5.04.